The van der Waals surface area contributed by atoms with Gasteiger partial charge in [0.15, 0.2) is 0 Å². The Kier molecular flexibility index (Phi) is 2.62. The van der Waals surface area contributed by atoms with Gasteiger partial charge < -0.3 is 4.74 Å². The van der Waals surface area contributed by atoms with E-state index in [1.165, 1.54) is 19.3 Å². The van der Waals surface area contributed by atoms with Gasteiger partial charge in [0.25, 0.3) is 0 Å². The summed E-state index contributed by atoms with van der Waals surface area (Å²) in [6, 6.07) is 0. The number of fused-ring (bicyclic) bond motifs is 1. The predicted octanol–water partition coefficient (Wildman–Crippen LogP) is 2.69. The first-order chi connectivity index (χ1) is 6.78. The summed E-state index contributed by atoms with van der Waals surface area (Å²) in [5.41, 5.74) is 0.158. The molecule has 0 heterocycles. The van der Waals surface area contributed by atoms with Gasteiger partial charge in [-0.3, -0.25) is 4.79 Å². The summed E-state index contributed by atoms with van der Waals surface area (Å²) >= 11 is 0. The second-order valence-electron chi connectivity index (χ2n) is 4.54. The molecule has 2 unspecified atom stereocenters. The zero-order valence-corrected chi connectivity index (χ0v) is 8.79. The van der Waals surface area contributed by atoms with Crippen LogP contribution in [0.2, 0.25) is 0 Å². The Bertz CT molecular complexity index is 257. The average Bonchev–Trinajstić information content (AvgIpc) is 2.55. The summed E-state index contributed by atoms with van der Waals surface area (Å²) in [4.78, 5) is 11.7. The van der Waals surface area contributed by atoms with Gasteiger partial charge in [0, 0.05) is 17.8 Å². The number of ketones is 1. The van der Waals surface area contributed by atoms with Crippen molar-refractivity contribution in [2.75, 3.05) is 7.11 Å². The lowest BCUT2D eigenvalue weighted by atomic mass is 9.68. The molecule has 0 bridgehead atoms. The highest BCUT2D eigenvalue weighted by molar-refractivity contribution is 5.84. The van der Waals surface area contributed by atoms with E-state index in [4.69, 9.17) is 4.74 Å². The van der Waals surface area contributed by atoms with E-state index >= 15 is 0 Å². The molecule has 14 heavy (non-hydrogen) atoms. The molecule has 2 nitrogen and oxygen atoms in total. The molecule has 78 valence electrons. The Morgan fingerprint density at radius 2 is 2.29 bits per heavy atom. The van der Waals surface area contributed by atoms with Gasteiger partial charge in [-0.15, -0.1) is 0 Å². The van der Waals surface area contributed by atoms with Crippen LogP contribution in [-0.4, -0.2) is 12.9 Å². The highest BCUT2D eigenvalue weighted by Crippen LogP contribution is 2.51. The fourth-order valence-corrected chi connectivity index (χ4v) is 3.06. The van der Waals surface area contributed by atoms with Crippen molar-refractivity contribution in [3.05, 3.63) is 12.3 Å². The third-order valence-electron chi connectivity index (χ3n) is 3.84. The molecule has 2 aliphatic carbocycles. The molecule has 0 aliphatic heterocycles. The lowest BCUT2D eigenvalue weighted by Crippen LogP contribution is -2.30. The Morgan fingerprint density at radius 3 is 3.07 bits per heavy atom. The number of carbonyl (C=O) groups excluding carboxylic acids is 1. The standard InChI is InChI=1S/C12H18O2/c1-14-9-8-12-6-3-2-4-10(12)11(13)5-7-12/h8-10H,2-7H2,1H3/b9-8+. The third-order valence-corrected chi connectivity index (χ3v) is 3.84. The Hall–Kier alpha value is -0.790. The molecular weight excluding hydrogens is 176 g/mol. The van der Waals surface area contributed by atoms with Crippen LogP contribution >= 0.6 is 0 Å². The maximum atomic E-state index is 11.7. The van der Waals surface area contributed by atoms with Gasteiger partial charge in [0.2, 0.25) is 0 Å². The van der Waals surface area contributed by atoms with Gasteiger partial charge in [-0.25, -0.2) is 0 Å². The molecular formula is C12H18O2. The Morgan fingerprint density at radius 1 is 1.43 bits per heavy atom. The fourth-order valence-electron chi connectivity index (χ4n) is 3.06. The number of hydrogen-bond acceptors (Lipinski definition) is 2. The maximum Gasteiger partial charge on any atom is 0.136 e. The van der Waals surface area contributed by atoms with Crippen molar-refractivity contribution < 1.29 is 9.53 Å². The zero-order chi connectivity index (χ0) is 10.0. The van der Waals surface area contributed by atoms with E-state index in [0.717, 1.165) is 19.3 Å². The summed E-state index contributed by atoms with van der Waals surface area (Å²) in [7, 11) is 1.67. The number of rotatable bonds is 2. The van der Waals surface area contributed by atoms with E-state index in [1.54, 1.807) is 13.4 Å². The van der Waals surface area contributed by atoms with E-state index in [9.17, 15) is 4.79 Å². The lowest BCUT2D eigenvalue weighted by Gasteiger charge is -2.35. The van der Waals surface area contributed by atoms with Crippen molar-refractivity contribution in [3.63, 3.8) is 0 Å². The van der Waals surface area contributed by atoms with Crippen molar-refractivity contribution in [1.82, 2.24) is 0 Å². The van der Waals surface area contributed by atoms with Crippen LogP contribution in [0.1, 0.15) is 38.5 Å². The number of methoxy groups -OCH3 is 1. The SMILES string of the molecule is CO/C=C/C12CCCCC1C(=O)CC2. The number of ether oxygens (including phenoxy) is 1. The van der Waals surface area contributed by atoms with Gasteiger partial charge in [-0.2, -0.15) is 0 Å². The van der Waals surface area contributed by atoms with Crippen molar-refractivity contribution in [2.45, 2.75) is 38.5 Å². The number of allylic oxidation sites excluding steroid dienone is 1. The summed E-state index contributed by atoms with van der Waals surface area (Å²) in [6.07, 6.45) is 10.5. The molecule has 0 saturated heterocycles. The van der Waals surface area contributed by atoms with Crippen molar-refractivity contribution >= 4 is 5.78 Å². The smallest absolute Gasteiger partial charge is 0.136 e. The zero-order valence-electron chi connectivity index (χ0n) is 8.79. The number of Topliss-reactive ketones (excluding diaryl/α,β-unsaturated/α-hetero) is 1. The topological polar surface area (TPSA) is 26.3 Å². The van der Waals surface area contributed by atoms with Crippen LogP contribution in [0.4, 0.5) is 0 Å². The van der Waals surface area contributed by atoms with Crippen LogP contribution in [0.25, 0.3) is 0 Å². The third kappa shape index (κ3) is 1.47. The maximum absolute atomic E-state index is 11.7. The fraction of sp³-hybridized carbons (Fsp3) is 0.750. The van der Waals surface area contributed by atoms with Crippen molar-refractivity contribution in [3.8, 4) is 0 Å². The van der Waals surface area contributed by atoms with E-state index in [1.807, 2.05) is 0 Å². The molecule has 0 amide bonds. The minimum Gasteiger partial charge on any atom is -0.505 e. The first kappa shape index (κ1) is 9.75. The summed E-state index contributed by atoms with van der Waals surface area (Å²) < 4.78 is 4.99. The van der Waals surface area contributed by atoms with Gasteiger partial charge in [-0.05, 0) is 25.3 Å². The largest absolute Gasteiger partial charge is 0.505 e. The molecule has 2 atom stereocenters. The Balaban J connectivity index is 2.20. The molecule has 0 radical (unpaired) electrons. The summed E-state index contributed by atoms with van der Waals surface area (Å²) in [6.45, 7) is 0. The molecule has 2 aliphatic rings. The molecule has 2 fully saturated rings. The number of carbonyl (C=O) groups is 1. The molecule has 0 N–H and O–H groups in total. The van der Waals surface area contributed by atoms with E-state index in [-0.39, 0.29) is 5.41 Å². The molecule has 2 rings (SSSR count). The first-order valence-electron chi connectivity index (χ1n) is 5.52. The first-order valence-corrected chi connectivity index (χ1v) is 5.52. The highest BCUT2D eigenvalue weighted by atomic mass is 16.5. The van der Waals surface area contributed by atoms with Crippen LogP contribution in [0.5, 0.6) is 0 Å². The highest BCUT2D eigenvalue weighted by Gasteiger charge is 2.47. The van der Waals surface area contributed by atoms with Crippen LogP contribution in [0.3, 0.4) is 0 Å². The van der Waals surface area contributed by atoms with Crippen LogP contribution < -0.4 is 0 Å². The van der Waals surface area contributed by atoms with E-state index in [2.05, 4.69) is 6.08 Å². The van der Waals surface area contributed by atoms with E-state index in [0.29, 0.717) is 11.7 Å². The van der Waals surface area contributed by atoms with Crippen molar-refractivity contribution in [2.24, 2.45) is 11.3 Å². The predicted molar refractivity (Wildman–Crippen MR) is 54.8 cm³/mol. The minimum atomic E-state index is 0.158. The Labute approximate surface area is 85.3 Å². The molecule has 0 aromatic rings. The second kappa shape index (κ2) is 3.76. The summed E-state index contributed by atoms with van der Waals surface area (Å²) in [5, 5.41) is 0. The van der Waals surface area contributed by atoms with Gasteiger partial charge in [-0.1, -0.05) is 12.8 Å². The molecule has 2 saturated carbocycles. The van der Waals surface area contributed by atoms with Crippen LogP contribution in [0.15, 0.2) is 12.3 Å². The minimum absolute atomic E-state index is 0.158. The monoisotopic (exact) mass is 194 g/mol. The van der Waals surface area contributed by atoms with Crippen LogP contribution in [0, 0.1) is 11.3 Å². The van der Waals surface area contributed by atoms with Gasteiger partial charge in [0.1, 0.15) is 5.78 Å². The molecule has 0 aromatic carbocycles. The molecule has 2 heteroatoms. The van der Waals surface area contributed by atoms with Gasteiger partial charge in [0.05, 0.1) is 13.4 Å². The normalized spacial score (nSPS) is 37.5. The molecule has 0 aromatic heterocycles. The second-order valence-corrected chi connectivity index (χ2v) is 4.54. The van der Waals surface area contributed by atoms with E-state index < -0.39 is 0 Å². The number of hydrogen-bond donors (Lipinski definition) is 0. The van der Waals surface area contributed by atoms with Crippen LogP contribution in [-0.2, 0) is 9.53 Å². The van der Waals surface area contributed by atoms with Gasteiger partial charge >= 0.3 is 0 Å². The molecule has 0 spiro atoms. The summed E-state index contributed by atoms with van der Waals surface area (Å²) in [5.74, 6) is 0.771. The quantitative estimate of drug-likeness (QED) is 0.632. The lowest BCUT2D eigenvalue weighted by molar-refractivity contribution is -0.122. The van der Waals surface area contributed by atoms with Crippen molar-refractivity contribution in [1.29, 1.82) is 0 Å². The average molecular weight is 194 g/mol.